The second kappa shape index (κ2) is 14.3. The second-order valence-corrected chi connectivity index (χ2v) is 5.02. The van der Waals surface area contributed by atoms with Crippen molar-refractivity contribution in [2.45, 2.75) is 84.0 Å². The van der Waals surface area contributed by atoms with Crippen molar-refractivity contribution in [3.63, 3.8) is 0 Å². The molecule has 1 N–H and O–H groups in total. The molecule has 2 nitrogen and oxygen atoms in total. The standard InChI is InChI=1S/C16H30O2/c1-2-3-4-5-6-7-8-9-10-11-12-13-14-15-16(17)18/h7-8H,2-6,9-15H2,1H3,(H,17,18)/b8-7+/i9+1,10+1,14+1,15+1,16+1. The lowest BCUT2D eigenvalue weighted by Gasteiger charge is -1.98. The number of carboxylic acid groups (broad SMARTS) is 1. The summed E-state index contributed by atoms with van der Waals surface area (Å²) in [4.78, 5) is 10.3. The van der Waals surface area contributed by atoms with Gasteiger partial charge >= 0.3 is 5.97 Å². The molecule has 0 saturated carbocycles. The van der Waals surface area contributed by atoms with Gasteiger partial charge in [0.15, 0.2) is 0 Å². The molecule has 0 radical (unpaired) electrons. The number of hydrogen-bond donors (Lipinski definition) is 1. The third kappa shape index (κ3) is 15.2. The Kier molecular flexibility index (Phi) is 13.6. The second-order valence-electron chi connectivity index (χ2n) is 5.02. The summed E-state index contributed by atoms with van der Waals surface area (Å²) in [6.07, 6.45) is 18.3. The molecule has 0 atom stereocenters. The van der Waals surface area contributed by atoms with Gasteiger partial charge in [-0.25, -0.2) is 0 Å². The molecule has 0 amide bonds. The topological polar surface area (TPSA) is 37.3 Å². The summed E-state index contributed by atoms with van der Waals surface area (Å²) in [5.74, 6) is -0.666. The Morgan fingerprint density at radius 3 is 1.89 bits per heavy atom. The fourth-order valence-electron chi connectivity index (χ4n) is 1.99. The first-order chi connectivity index (χ1) is 8.77. The van der Waals surface area contributed by atoms with E-state index in [-0.39, 0.29) is 0 Å². The molecule has 18 heavy (non-hydrogen) atoms. The van der Waals surface area contributed by atoms with E-state index >= 15 is 0 Å². The fourth-order valence-corrected chi connectivity index (χ4v) is 1.99. The summed E-state index contributed by atoms with van der Waals surface area (Å²) < 4.78 is 0. The van der Waals surface area contributed by atoms with Gasteiger partial charge in [-0.2, -0.15) is 0 Å². The summed E-state index contributed by atoms with van der Waals surface area (Å²) in [5.41, 5.74) is 0. The summed E-state index contributed by atoms with van der Waals surface area (Å²) in [6.45, 7) is 2.24. The zero-order valence-corrected chi connectivity index (χ0v) is 12.0. The zero-order chi connectivity index (χ0) is 13.5. The van der Waals surface area contributed by atoms with Gasteiger partial charge in [-0.05, 0) is 32.1 Å². The van der Waals surface area contributed by atoms with Gasteiger partial charge in [0.2, 0.25) is 0 Å². The highest BCUT2D eigenvalue weighted by molar-refractivity contribution is 5.66. The van der Waals surface area contributed by atoms with Crippen LogP contribution in [-0.2, 0) is 4.79 Å². The molecule has 0 aromatic carbocycles. The minimum absolute atomic E-state index is 0.331. The molecule has 0 aromatic rings. The van der Waals surface area contributed by atoms with Crippen LogP contribution >= 0.6 is 0 Å². The minimum atomic E-state index is -0.666. The number of aliphatic carboxylic acids is 1. The first-order valence-corrected chi connectivity index (χ1v) is 7.64. The van der Waals surface area contributed by atoms with E-state index in [1.165, 1.54) is 57.8 Å². The average Bonchev–Trinajstić information content (AvgIpc) is 2.34. The summed E-state index contributed by atoms with van der Waals surface area (Å²) in [6, 6.07) is 0. The molecule has 0 saturated heterocycles. The molecule has 0 fully saturated rings. The van der Waals surface area contributed by atoms with Crippen LogP contribution in [0.2, 0.25) is 0 Å². The summed E-state index contributed by atoms with van der Waals surface area (Å²) >= 11 is 0. The van der Waals surface area contributed by atoms with Crippen molar-refractivity contribution < 1.29 is 9.90 Å². The number of hydrogen-bond acceptors (Lipinski definition) is 1. The smallest absolute Gasteiger partial charge is 0.303 e. The Hall–Kier alpha value is -0.790. The Labute approximate surface area is 112 Å². The van der Waals surface area contributed by atoms with Crippen LogP contribution in [0.15, 0.2) is 12.2 Å². The molecule has 0 aliphatic rings. The quantitative estimate of drug-likeness (QED) is 0.276. The van der Waals surface area contributed by atoms with Crippen molar-refractivity contribution in [1.82, 2.24) is 0 Å². The van der Waals surface area contributed by atoms with E-state index < -0.39 is 5.97 Å². The summed E-state index contributed by atoms with van der Waals surface area (Å²) in [7, 11) is 0. The van der Waals surface area contributed by atoms with Crippen molar-refractivity contribution in [1.29, 1.82) is 0 Å². The Balaban J connectivity index is 3.06. The Morgan fingerprint density at radius 2 is 1.33 bits per heavy atom. The lowest BCUT2D eigenvalue weighted by atomic mass is 10.1. The van der Waals surface area contributed by atoms with Crippen molar-refractivity contribution in [2.24, 2.45) is 0 Å². The normalized spacial score (nSPS) is 11.2. The lowest BCUT2D eigenvalue weighted by molar-refractivity contribution is -0.137. The van der Waals surface area contributed by atoms with Crippen LogP contribution in [0.1, 0.15) is 84.0 Å². The van der Waals surface area contributed by atoms with Crippen molar-refractivity contribution in [3.05, 3.63) is 12.2 Å². The van der Waals surface area contributed by atoms with Crippen LogP contribution in [-0.4, -0.2) is 11.1 Å². The van der Waals surface area contributed by atoms with Gasteiger partial charge in [-0.3, -0.25) is 4.79 Å². The van der Waals surface area contributed by atoms with E-state index in [0.717, 1.165) is 12.8 Å². The number of carboxylic acids is 1. The predicted molar refractivity (Wildman–Crippen MR) is 77.9 cm³/mol. The predicted octanol–water partition coefficient (Wildman–Crippen LogP) is 5.33. The maximum atomic E-state index is 10.3. The summed E-state index contributed by atoms with van der Waals surface area (Å²) in [5, 5.41) is 8.48. The maximum absolute atomic E-state index is 10.3. The SMILES string of the molecule is CCCCCC/C=C/[13CH2][13CH2]CCC[13CH2][13CH2][13C](=O)O. The van der Waals surface area contributed by atoms with Crippen molar-refractivity contribution in [2.75, 3.05) is 0 Å². The molecular weight excluding hydrogens is 229 g/mol. The molecule has 2 heteroatoms. The Morgan fingerprint density at radius 1 is 0.833 bits per heavy atom. The highest BCUT2D eigenvalue weighted by Crippen LogP contribution is 2.08. The van der Waals surface area contributed by atoms with E-state index in [0.29, 0.717) is 6.42 Å². The molecule has 0 unspecified atom stereocenters. The van der Waals surface area contributed by atoms with E-state index in [1.54, 1.807) is 0 Å². The van der Waals surface area contributed by atoms with Gasteiger partial charge in [-0.15, -0.1) is 0 Å². The van der Waals surface area contributed by atoms with Crippen LogP contribution in [0.5, 0.6) is 0 Å². The number of allylic oxidation sites excluding steroid dienone is 2. The van der Waals surface area contributed by atoms with E-state index in [1.807, 2.05) is 0 Å². The molecule has 0 rings (SSSR count). The van der Waals surface area contributed by atoms with Gasteiger partial charge in [0, 0.05) is 6.42 Å². The number of carbonyl (C=O) groups is 1. The van der Waals surface area contributed by atoms with Crippen molar-refractivity contribution in [3.8, 4) is 0 Å². The Bertz CT molecular complexity index is 209. The molecule has 0 heterocycles. The molecule has 0 aromatic heterocycles. The third-order valence-corrected chi connectivity index (χ3v) is 3.15. The van der Waals surface area contributed by atoms with Gasteiger partial charge in [-0.1, -0.05) is 57.6 Å². The fraction of sp³-hybridized carbons (Fsp3) is 0.812. The monoisotopic (exact) mass is 259 g/mol. The van der Waals surface area contributed by atoms with Gasteiger partial charge in [0.05, 0.1) is 0 Å². The van der Waals surface area contributed by atoms with Gasteiger partial charge in [0.25, 0.3) is 0 Å². The van der Waals surface area contributed by atoms with Crippen LogP contribution in [0.4, 0.5) is 0 Å². The average molecular weight is 259 g/mol. The lowest BCUT2D eigenvalue weighted by Crippen LogP contribution is -1.93. The first kappa shape index (κ1) is 17.2. The third-order valence-electron chi connectivity index (χ3n) is 3.15. The molecule has 0 bridgehead atoms. The van der Waals surface area contributed by atoms with Crippen LogP contribution < -0.4 is 0 Å². The van der Waals surface area contributed by atoms with Gasteiger partial charge < -0.3 is 5.11 Å². The van der Waals surface area contributed by atoms with Gasteiger partial charge in [0.1, 0.15) is 0 Å². The van der Waals surface area contributed by atoms with Crippen molar-refractivity contribution >= 4 is 5.97 Å². The molecule has 0 aliphatic carbocycles. The maximum Gasteiger partial charge on any atom is 0.303 e. The zero-order valence-electron chi connectivity index (χ0n) is 12.0. The molecule has 0 spiro atoms. The highest BCUT2D eigenvalue weighted by Gasteiger charge is 1.95. The van der Waals surface area contributed by atoms with E-state index in [4.69, 9.17) is 5.11 Å². The molecule has 106 valence electrons. The highest BCUT2D eigenvalue weighted by atomic mass is 16.5. The first-order valence-electron chi connectivity index (χ1n) is 7.64. The number of rotatable bonds is 13. The molecule has 0 aliphatic heterocycles. The van der Waals surface area contributed by atoms with E-state index in [9.17, 15) is 4.79 Å². The number of unbranched alkanes of at least 4 members (excludes halogenated alkanes) is 9. The minimum Gasteiger partial charge on any atom is -0.481 e. The van der Waals surface area contributed by atoms with Crippen LogP contribution in [0.3, 0.4) is 0 Å². The van der Waals surface area contributed by atoms with Crippen LogP contribution in [0.25, 0.3) is 0 Å². The molecular formula is C16H30O2. The largest absolute Gasteiger partial charge is 0.481 e. The van der Waals surface area contributed by atoms with Crippen LogP contribution in [0, 0.1) is 0 Å². The van der Waals surface area contributed by atoms with E-state index in [2.05, 4.69) is 19.1 Å².